The summed E-state index contributed by atoms with van der Waals surface area (Å²) in [6.45, 7) is 14.7. The monoisotopic (exact) mass is 1400 g/mol. The Hall–Kier alpha value is -7.28. The second-order valence-electron chi connectivity index (χ2n) is 25.8. The Balaban J connectivity index is 0.000000190. The molecule has 528 valence electrons. The highest BCUT2D eigenvalue weighted by molar-refractivity contribution is 8.00. The molecule has 13 rings (SSSR count). The lowest BCUT2D eigenvalue weighted by Gasteiger charge is -2.51. The minimum absolute atomic E-state index is 0.259. The first-order valence-electron chi connectivity index (χ1n) is 34.7. The number of ether oxygens (including phenoxy) is 14. The highest BCUT2D eigenvalue weighted by Crippen LogP contribution is 2.46. The van der Waals surface area contributed by atoms with Gasteiger partial charge in [-0.25, -0.2) is 19.2 Å². The molecule has 0 radical (unpaired) electrons. The highest BCUT2D eigenvalue weighted by Gasteiger charge is 2.56. The molecule has 0 aliphatic carbocycles. The molecule has 20 heteroatoms. The average Bonchev–Trinajstić information content (AvgIpc) is 0.772. The van der Waals surface area contributed by atoms with Crippen LogP contribution in [0.4, 0.5) is 0 Å². The molecule has 6 fully saturated rings. The van der Waals surface area contributed by atoms with Gasteiger partial charge >= 0.3 is 23.9 Å². The van der Waals surface area contributed by atoms with E-state index in [0.29, 0.717) is 35.1 Å². The topological polar surface area (TPSA) is 198 Å². The van der Waals surface area contributed by atoms with E-state index in [1.54, 1.807) is 109 Å². The van der Waals surface area contributed by atoms with Crippen molar-refractivity contribution in [2.45, 2.75) is 175 Å². The van der Waals surface area contributed by atoms with E-state index in [1.165, 1.54) is 11.8 Å². The number of hydrogen-bond donors (Lipinski definition) is 0. The van der Waals surface area contributed by atoms with Crippen LogP contribution < -0.4 is 0 Å². The van der Waals surface area contributed by atoms with Crippen LogP contribution in [0.5, 0.6) is 0 Å². The fourth-order valence-electron chi connectivity index (χ4n) is 13.7. The van der Waals surface area contributed by atoms with Gasteiger partial charge in [-0.15, -0.1) is 11.8 Å². The van der Waals surface area contributed by atoms with Gasteiger partial charge in [-0.05, 0) is 79.3 Å². The van der Waals surface area contributed by atoms with E-state index in [9.17, 15) is 19.2 Å². The summed E-state index contributed by atoms with van der Waals surface area (Å²) in [6.07, 6.45) is -8.41. The smallest absolute Gasteiger partial charge is 0.338 e. The number of esters is 4. The van der Waals surface area contributed by atoms with E-state index in [2.05, 4.69) is 0 Å². The average molecular weight is 1400 g/mol. The maximum absolute atomic E-state index is 13.6. The summed E-state index contributed by atoms with van der Waals surface area (Å²) in [7, 11) is 0. The van der Waals surface area contributed by atoms with Gasteiger partial charge in [0.25, 0.3) is 0 Å². The van der Waals surface area contributed by atoms with Gasteiger partial charge in [0.2, 0.25) is 0 Å². The SMILES string of the molecule is CCC1OC(Sc2ccccc2)[C@@H](OC(=O)c2ccccc2)[C@@H](C)[C@H]1OC1OC2COC(c3ccccc3)O[C@@H]2[C@H](C)[C@@H]1OC(=O)c1ccccc1.CCSC1OC(CC)[C@H](OC2OC3COC(c4ccccc4)O[C@@H]3[C@H](C)[C@@H]2OC(=O)c2ccccc2)[C@H](C)[C@@H]1OC(=O)c1ccccc1. The zero-order chi connectivity index (χ0) is 69.7. The van der Waals surface area contributed by atoms with Crippen LogP contribution in [0, 0.1) is 23.7 Å². The molecule has 18 nitrogen and oxygen atoms in total. The van der Waals surface area contributed by atoms with Gasteiger partial charge < -0.3 is 66.3 Å². The molecule has 6 aliphatic rings. The molecule has 22 atom stereocenters. The quantitative estimate of drug-likeness (QED) is 0.0515. The van der Waals surface area contributed by atoms with E-state index in [0.717, 1.165) is 21.8 Å². The summed E-state index contributed by atoms with van der Waals surface area (Å²) in [4.78, 5) is 54.8. The number of benzene rings is 7. The van der Waals surface area contributed by atoms with Crippen molar-refractivity contribution in [2.24, 2.45) is 23.7 Å². The van der Waals surface area contributed by atoms with Crippen LogP contribution in [0.3, 0.4) is 0 Å². The first-order valence-corrected chi connectivity index (χ1v) is 36.6. The van der Waals surface area contributed by atoms with E-state index >= 15 is 0 Å². The van der Waals surface area contributed by atoms with Gasteiger partial charge in [-0.2, -0.15) is 0 Å². The Kier molecular flexibility index (Phi) is 25.1. The molecule has 6 saturated heterocycles. The van der Waals surface area contributed by atoms with Gasteiger partial charge in [0, 0.05) is 39.7 Å². The molecular weight excluding hydrogens is 1310 g/mol. The summed E-state index contributed by atoms with van der Waals surface area (Å²) >= 11 is 3.11. The van der Waals surface area contributed by atoms with Gasteiger partial charge in [0.05, 0.1) is 72.1 Å². The lowest BCUT2D eigenvalue weighted by Crippen LogP contribution is -2.62. The van der Waals surface area contributed by atoms with Gasteiger partial charge in [-0.3, -0.25) is 0 Å². The fourth-order valence-corrected chi connectivity index (χ4v) is 16.0. The number of carbonyl (C=O) groups excluding carboxylic acids is 4. The van der Waals surface area contributed by atoms with Crippen LogP contribution in [-0.2, 0) is 66.3 Å². The number of hydrogen-bond acceptors (Lipinski definition) is 20. The Morgan fingerprint density at radius 3 is 1.04 bits per heavy atom. The largest absolute Gasteiger partial charge is 0.455 e. The maximum atomic E-state index is 13.6. The van der Waals surface area contributed by atoms with E-state index in [4.69, 9.17) is 66.3 Å². The van der Waals surface area contributed by atoms with Crippen LogP contribution in [0.1, 0.15) is 126 Å². The van der Waals surface area contributed by atoms with Crippen LogP contribution in [0.15, 0.2) is 217 Å². The zero-order valence-corrected chi connectivity index (χ0v) is 58.7. The Bertz CT molecular complexity index is 3700. The van der Waals surface area contributed by atoms with Crippen molar-refractivity contribution in [1.82, 2.24) is 0 Å². The van der Waals surface area contributed by atoms with Gasteiger partial charge in [0.1, 0.15) is 35.3 Å². The van der Waals surface area contributed by atoms with Crippen molar-refractivity contribution in [1.29, 1.82) is 0 Å². The third-order valence-corrected chi connectivity index (χ3v) is 21.4. The summed E-state index contributed by atoms with van der Waals surface area (Å²) in [5, 5.41) is 0. The Labute approximate surface area is 593 Å². The number of fused-ring (bicyclic) bond motifs is 2. The highest BCUT2D eigenvalue weighted by atomic mass is 32.2. The van der Waals surface area contributed by atoms with E-state index in [1.807, 2.05) is 164 Å². The summed E-state index contributed by atoms with van der Waals surface area (Å²) in [5.74, 6) is -2.32. The van der Waals surface area contributed by atoms with Gasteiger partial charge in [0.15, 0.2) is 37.4 Å². The van der Waals surface area contributed by atoms with Crippen LogP contribution in [-0.4, -0.2) is 140 Å². The molecule has 0 spiro atoms. The Morgan fingerprint density at radius 1 is 0.370 bits per heavy atom. The van der Waals surface area contributed by atoms with Crippen molar-refractivity contribution >= 4 is 47.4 Å². The van der Waals surface area contributed by atoms with E-state index in [-0.39, 0.29) is 54.5 Å². The lowest BCUT2D eigenvalue weighted by atomic mass is 9.88. The second kappa shape index (κ2) is 34.6. The molecule has 0 amide bonds. The van der Waals surface area contributed by atoms with Crippen molar-refractivity contribution in [3.8, 4) is 0 Å². The number of thioether (sulfide) groups is 2. The van der Waals surface area contributed by atoms with Crippen LogP contribution in [0.25, 0.3) is 0 Å². The molecule has 6 heterocycles. The molecule has 0 bridgehead atoms. The molecule has 0 N–H and O–H groups in total. The summed E-state index contributed by atoms with van der Waals surface area (Å²) in [5.41, 5.74) is 2.66. The molecule has 7 aromatic carbocycles. The predicted molar refractivity (Wildman–Crippen MR) is 375 cm³/mol. The molecule has 6 aliphatic heterocycles. The molecule has 10 unspecified atom stereocenters. The molecule has 100 heavy (non-hydrogen) atoms. The first kappa shape index (κ1) is 72.5. The van der Waals surface area contributed by atoms with Crippen LogP contribution >= 0.6 is 23.5 Å². The van der Waals surface area contributed by atoms with Crippen molar-refractivity contribution < 1.29 is 85.5 Å². The molecular formula is C80H88O18S2. The maximum Gasteiger partial charge on any atom is 0.338 e. The fraction of sp³-hybridized carbons (Fsp3) is 0.425. The zero-order valence-electron chi connectivity index (χ0n) is 57.1. The standard InChI is InChI=1S/C42H44O9S.C38H44O9S/c1-4-32-34(27(3)37(49-39(44)29-19-11-6-12-20-29)42(47-32)52-31-23-15-8-16-24-31)51-41-36(48-38(43)28-17-9-5-10-18-28)26(2)35-33(46-41)25-45-40(50-35)30-21-13-7-14-22-30;1-5-28-30(24(4)33(38(43-28)48-6-2)45-35(40)26-18-12-8-13-19-26)47-37-32(44-34(39)25-16-10-7-11-17-25)23(3)31-29(42-37)22-41-36(46-31)27-20-14-9-15-21-27/h5-24,26-27,32-37,40-42H,4,25H2,1-3H3;7-21,23-24,28-33,36-38H,5-6,22H2,1-4H3/t26-,27-,32?,33?,34+,35+,36-,37-,40?,41?,42?;23-,24-,28?,29?,30+,31+,32-,33-,36?,37?,38?/m00/s1. The first-order chi connectivity index (χ1) is 48.8. The van der Waals surface area contributed by atoms with Crippen molar-refractivity contribution in [2.75, 3.05) is 19.0 Å². The summed E-state index contributed by atoms with van der Waals surface area (Å²) in [6, 6.07) is 65.0. The number of rotatable bonds is 20. The third kappa shape index (κ3) is 17.3. The predicted octanol–water partition coefficient (Wildman–Crippen LogP) is 14.7. The van der Waals surface area contributed by atoms with Crippen molar-refractivity contribution in [3.05, 3.63) is 246 Å². The minimum atomic E-state index is -0.988. The molecule has 7 aromatic rings. The third-order valence-electron chi connectivity index (χ3n) is 19.2. The van der Waals surface area contributed by atoms with Gasteiger partial charge in [-0.1, -0.05) is 212 Å². The molecule has 0 saturated carbocycles. The number of carbonyl (C=O) groups is 4. The van der Waals surface area contributed by atoms with E-state index < -0.39 is 116 Å². The van der Waals surface area contributed by atoms with Crippen LogP contribution in [0.2, 0.25) is 0 Å². The molecule has 0 aromatic heterocycles. The van der Waals surface area contributed by atoms with Crippen molar-refractivity contribution in [3.63, 3.8) is 0 Å². The second-order valence-corrected chi connectivity index (χ2v) is 28.4. The lowest BCUT2D eigenvalue weighted by molar-refractivity contribution is -0.366. The minimum Gasteiger partial charge on any atom is -0.455 e. The Morgan fingerprint density at radius 2 is 0.690 bits per heavy atom. The normalized spacial score (nSPS) is 32.4. The summed E-state index contributed by atoms with van der Waals surface area (Å²) < 4.78 is 90.4.